The van der Waals surface area contributed by atoms with E-state index in [1.54, 1.807) is 12.4 Å². The summed E-state index contributed by atoms with van der Waals surface area (Å²) in [7, 11) is 1.90. The highest BCUT2D eigenvalue weighted by atomic mass is 16.2. The summed E-state index contributed by atoms with van der Waals surface area (Å²) >= 11 is 0. The van der Waals surface area contributed by atoms with Crippen molar-refractivity contribution in [2.24, 2.45) is 0 Å². The van der Waals surface area contributed by atoms with Crippen molar-refractivity contribution in [2.45, 2.75) is 19.5 Å². The third kappa shape index (κ3) is 3.83. The first-order valence-electron chi connectivity index (χ1n) is 6.49. The van der Waals surface area contributed by atoms with Gasteiger partial charge in [-0.25, -0.2) is 9.78 Å². The van der Waals surface area contributed by atoms with Gasteiger partial charge in [0.2, 0.25) is 0 Å². The molecule has 0 radical (unpaired) electrons. The molecule has 0 saturated carbocycles. The van der Waals surface area contributed by atoms with Crippen molar-refractivity contribution >= 4 is 11.7 Å². The number of anilines is 1. The first-order valence-corrected chi connectivity index (χ1v) is 6.49. The summed E-state index contributed by atoms with van der Waals surface area (Å²) in [5.41, 5.74) is 1.89. The number of urea groups is 1. The largest absolute Gasteiger partial charge is 0.347 e. The Balaban J connectivity index is 1.90. The van der Waals surface area contributed by atoms with Gasteiger partial charge in [-0.05, 0) is 31.7 Å². The Kier molecular flexibility index (Phi) is 4.73. The summed E-state index contributed by atoms with van der Waals surface area (Å²) in [4.78, 5) is 18.7. The number of rotatable bonds is 5. The fraction of sp³-hybridized carbons (Fsp3) is 0.286. The van der Waals surface area contributed by atoms with Gasteiger partial charge in [-0.15, -0.1) is 0 Å². The van der Waals surface area contributed by atoms with Crippen molar-refractivity contribution in [3.05, 3.63) is 48.0 Å². The smallest absolute Gasteiger partial charge is 0.319 e. The summed E-state index contributed by atoms with van der Waals surface area (Å²) in [6, 6.07) is 7.74. The molecule has 6 nitrogen and oxygen atoms in total. The standard InChI is InChI=1S/C14H19N5O/c1-10(15-2)11-4-3-5-12(8-11)19-14(20)18-9-13-16-6-7-17-13/h3-8,10,15H,9H2,1-2H3,(H,16,17)(H2,18,19,20). The molecule has 1 atom stereocenters. The van der Waals surface area contributed by atoms with Gasteiger partial charge in [0.05, 0.1) is 6.54 Å². The second-order valence-corrected chi connectivity index (χ2v) is 4.48. The topological polar surface area (TPSA) is 81.8 Å². The van der Waals surface area contributed by atoms with Crippen molar-refractivity contribution in [3.63, 3.8) is 0 Å². The minimum atomic E-state index is -0.254. The summed E-state index contributed by atoms with van der Waals surface area (Å²) in [6.07, 6.45) is 3.37. The van der Waals surface area contributed by atoms with Crippen molar-refractivity contribution in [1.82, 2.24) is 20.6 Å². The van der Waals surface area contributed by atoms with Crippen LogP contribution in [0.3, 0.4) is 0 Å². The molecule has 1 aromatic carbocycles. The maximum Gasteiger partial charge on any atom is 0.319 e. The highest BCUT2D eigenvalue weighted by Gasteiger charge is 2.06. The van der Waals surface area contributed by atoms with Gasteiger partial charge in [-0.1, -0.05) is 12.1 Å². The molecule has 2 aromatic rings. The molecule has 1 heterocycles. The fourth-order valence-corrected chi connectivity index (χ4v) is 1.79. The first-order chi connectivity index (χ1) is 9.69. The Labute approximate surface area is 118 Å². The predicted octanol–water partition coefficient (Wildman–Crippen LogP) is 2.01. The van der Waals surface area contributed by atoms with Gasteiger partial charge in [0.1, 0.15) is 5.82 Å². The number of hydrogen-bond donors (Lipinski definition) is 4. The zero-order chi connectivity index (χ0) is 14.4. The minimum absolute atomic E-state index is 0.239. The van der Waals surface area contributed by atoms with Gasteiger partial charge >= 0.3 is 6.03 Å². The molecule has 2 rings (SSSR count). The van der Waals surface area contributed by atoms with Crippen LogP contribution in [0.1, 0.15) is 24.4 Å². The molecular weight excluding hydrogens is 254 g/mol. The van der Waals surface area contributed by atoms with E-state index >= 15 is 0 Å². The van der Waals surface area contributed by atoms with Gasteiger partial charge in [0.15, 0.2) is 0 Å². The van der Waals surface area contributed by atoms with Gasteiger partial charge in [-0.2, -0.15) is 0 Å². The van der Waals surface area contributed by atoms with Crippen LogP contribution in [0.2, 0.25) is 0 Å². The Morgan fingerprint density at radius 2 is 2.30 bits per heavy atom. The predicted molar refractivity (Wildman–Crippen MR) is 78.4 cm³/mol. The van der Waals surface area contributed by atoms with Gasteiger partial charge in [0, 0.05) is 24.1 Å². The monoisotopic (exact) mass is 273 g/mol. The molecule has 1 aromatic heterocycles. The average Bonchev–Trinajstić information content (AvgIpc) is 2.98. The van der Waals surface area contributed by atoms with Crippen molar-refractivity contribution in [3.8, 4) is 0 Å². The van der Waals surface area contributed by atoms with Crippen LogP contribution in [0.4, 0.5) is 10.5 Å². The Hall–Kier alpha value is -2.34. The quantitative estimate of drug-likeness (QED) is 0.672. The van der Waals surface area contributed by atoms with E-state index in [9.17, 15) is 4.79 Å². The average molecular weight is 273 g/mol. The van der Waals surface area contributed by atoms with E-state index in [1.807, 2.05) is 31.3 Å². The Morgan fingerprint density at radius 1 is 1.45 bits per heavy atom. The molecule has 1 unspecified atom stereocenters. The zero-order valence-electron chi connectivity index (χ0n) is 11.6. The molecule has 0 saturated heterocycles. The number of H-pyrrole nitrogens is 1. The van der Waals surface area contributed by atoms with E-state index in [1.165, 1.54) is 0 Å². The molecule has 20 heavy (non-hydrogen) atoms. The summed E-state index contributed by atoms with van der Waals surface area (Å²) < 4.78 is 0. The highest BCUT2D eigenvalue weighted by molar-refractivity contribution is 5.89. The van der Waals surface area contributed by atoms with Crippen LogP contribution < -0.4 is 16.0 Å². The molecule has 106 valence electrons. The van der Waals surface area contributed by atoms with E-state index in [2.05, 4.69) is 32.8 Å². The third-order valence-corrected chi connectivity index (χ3v) is 3.05. The van der Waals surface area contributed by atoms with Crippen molar-refractivity contribution < 1.29 is 4.79 Å². The third-order valence-electron chi connectivity index (χ3n) is 3.05. The molecule has 4 N–H and O–H groups in total. The number of carbonyl (C=O) groups excluding carboxylic acids is 1. The van der Waals surface area contributed by atoms with E-state index in [0.717, 1.165) is 17.1 Å². The molecular formula is C14H19N5O. The van der Waals surface area contributed by atoms with Gasteiger partial charge in [0.25, 0.3) is 0 Å². The van der Waals surface area contributed by atoms with E-state index in [4.69, 9.17) is 0 Å². The molecule has 0 aliphatic carbocycles. The van der Waals surface area contributed by atoms with Crippen LogP contribution in [0.25, 0.3) is 0 Å². The summed E-state index contributed by atoms with van der Waals surface area (Å²) in [5.74, 6) is 0.720. The molecule has 0 fully saturated rings. The lowest BCUT2D eigenvalue weighted by Crippen LogP contribution is -2.28. The van der Waals surface area contributed by atoms with Crippen LogP contribution >= 0.6 is 0 Å². The zero-order valence-corrected chi connectivity index (χ0v) is 11.6. The molecule has 6 heteroatoms. The second kappa shape index (κ2) is 6.72. The van der Waals surface area contributed by atoms with Crippen LogP contribution in [-0.2, 0) is 6.54 Å². The van der Waals surface area contributed by atoms with Crippen molar-refractivity contribution in [2.75, 3.05) is 12.4 Å². The number of imidazole rings is 1. The van der Waals surface area contributed by atoms with Gasteiger partial charge < -0.3 is 20.9 Å². The lowest BCUT2D eigenvalue weighted by Gasteiger charge is -2.12. The van der Waals surface area contributed by atoms with Crippen LogP contribution in [0, 0.1) is 0 Å². The number of carbonyl (C=O) groups is 1. The number of hydrogen-bond acceptors (Lipinski definition) is 3. The number of aromatic nitrogens is 2. The Bertz CT molecular complexity index is 552. The molecule has 2 amide bonds. The SMILES string of the molecule is CNC(C)c1cccc(NC(=O)NCc2ncc[nH]2)c1. The highest BCUT2D eigenvalue weighted by Crippen LogP contribution is 2.16. The minimum Gasteiger partial charge on any atom is -0.347 e. The number of aromatic amines is 1. The van der Waals surface area contributed by atoms with Crippen molar-refractivity contribution in [1.29, 1.82) is 0 Å². The number of benzene rings is 1. The lowest BCUT2D eigenvalue weighted by atomic mass is 10.1. The molecule has 0 spiro atoms. The first kappa shape index (κ1) is 14.1. The summed E-state index contributed by atoms with van der Waals surface area (Å²) in [5, 5.41) is 8.71. The van der Waals surface area contributed by atoms with Crippen LogP contribution in [0.5, 0.6) is 0 Å². The molecule has 0 aliphatic heterocycles. The number of nitrogens with zero attached hydrogens (tertiary/aromatic N) is 1. The van der Waals surface area contributed by atoms with Gasteiger partial charge in [-0.3, -0.25) is 0 Å². The lowest BCUT2D eigenvalue weighted by molar-refractivity contribution is 0.251. The maximum absolute atomic E-state index is 11.8. The molecule has 0 aliphatic rings. The second-order valence-electron chi connectivity index (χ2n) is 4.48. The van der Waals surface area contributed by atoms with E-state index < -0.39 is 0 Å². The Morgan fingerprint density at radius 3 is 3.00 bits per heavy atom. The van der Waals surface area contributed by atoms with E-state index in [0.29, 0.717) is 6.54 Å². The molecule has 0 bridgehead atoms. The number of nitrogens with one attached hydrogen (secondary N) is 4. The van der Waals surface area contributed by atoms with E-state index in [-0.39, 0.29) is 12.1 Å². The fourth-order valence-electron chi connectivity index (χ4n) is 1.79. The van der Waals surface area contributed by atoms with Crippen LogP contribution in [-0.4, -0.2) is 23.0 Å². The number of amides is 2. The van der Waals surface area contributed by atoms with Crippen LogP contribution in [0.15, 0.2) is 36.7 Å². The normalized spacial score (nSPS) is 11.9. The summed E-state index contributed by atoms with van der Waals surface area (Å²) in [6.45, 7) is 2.43. The maximum atomic E-state index is 11.8.